The van der Waals surface area contributed by atoms with Crippen LogP contribution < -0.4 is 5.32 Å². The Balaban J connectivity index is 1.95. The van der Waals surface area contributed by atoms with Crippen LogP contribution in [0.1, 0.15) is 18.4 Å². The number of aromatic nitrogens is 2. The summed E-state index contributed by atoms with van der Waals surface area (Å²) in [6, 6.07) is 2.62. The molecule has 1 unspecified atom stereocenters. The summed E-state index contributed by atoms with van der Waals surface area (Å²) in [5, 5.41) is 11.4. The van der Waals surface area contributed by atoms with Crippen molar-refractivity contribution in [1.29, 1.82) is 0 Å². The second-order valence-electron chi connectivity index (χ2n) is 3.68. The second-order valence-corrected chi connectivity index (χ2v) is 4.83. The molecule has 0 aliphatic carbocycles. The van der Waals surface area contributed by atoms with Gasteiger partial charge in [0.25, 0.3) is 0 Å². The van der Waals surface area contributed by atoms with Crippen LogP contribution in [0.25, 0.3) is 0 Å². The van der Waals surface area contributed by atoms with Gasteiger partial charge in [-0.25, -0.2) is 0 Å². The molecule has 1 aromatic rings. The molecule has 1 aliphatic heterocycles. The Morgan fingerprint density at radius 2 is 2.50 bits per heavy atom. The van der Waals surface area contributed by atoms with Crippen molar-refractivity contribution in [2.45, 2.75) is 25.8 Å². The summed E-state index contributed by atoms with van der Waals surface area (Å²) in [6.07, 6.45) is 4.34. The molecule has 1 atom stereocenters. The maximum absolute atomic E-state index is 4.06. The van der Waals surface area contributed by atoms with E-state index in [-0.39, 0.29) is 0 Å². The number of aryl methyl sites for hydroxylation is 1. The van der Waals surface area contributed by atoms with Crippen LogP contribution in [-0.4, -0.2) is 27.7 Å². The Kier molecular flexibility index (Phi) is 3.24. The SMILES string of the molecule is Cc1cnnc(NC2CCCSC2)c1. The van der Waals surface area contributed by atoms with Gasteiger partial charge in [0.15, 0.2) is 0 Å². The summed E-state index contributed by atoms with van der Waals surface area (Å²) in [7, 11) is 0. The maximum Gasteiger partial charge on any atom is 0.149 e. The Labute approximate surface area is 88.7 Å². The first-order valence-corrected chi connectivity index (χ1v) is 6.14. The van der Waals surface area contributed by atoms with E-state index < -0.39 is 0 Å². The molecule has 4 heteroatoms. The zero-order chi connectivity index (χ0) is 9.80. The van der Waals surface area contributed by atoms with Gasteiger partial charge in [-0.15, -0.1) is 5.10 Å². The van der Waals surface area contributed by atoms with Gasteiger partial charge < -0.3 is 5.32 Å². The molecule has 3 nitrogen and oxygen atoms in total. The van der Waals surface area contributed by atoms with Crippen LogP contribution >= 0.6 is 11.8 Å². The van der Waals surface area contributed by atoms with Crippen molar-refractivity contribution in [1.82, 2.24) is 10.2 Å². The average Bonchev–Trinajstić information content (AvgIpc) is 2.19. The van der Waals surface area contributed by atoms with Crippen LogP contribution in [0.15, 0.2) is 12.3 Å². The van der Waals surface area contributed by atoms with Gasteiger partial charge in [-0.2, -0.15) is 16.9 Å². The molecule has 1 aliphatic rings. The van der Waals surface area contributed by atoms with Gasteiger partial charge in [-0.05, 0) is 37.1 Å². The molecule has 14 heavy (non-hydrogen) atoms. The fourth-order valence-electron chi connectivity index (χ4n) is 1.60. The number of hydrogen-bond donors (Lipinski definition) is 1. The fraction of sp³-hybridized carbons (Fsp3) is 0.600. The molecule has 1 saturated heterocycles. The summed E-state index contributed by atoms with van der Waals surface area (Å²) in [6.45, 7) is 2.04. The van der Waals surface area contributed by atoms with Crippen molar-refractivity contribution in [3.8, 4) is 0 Å². The molecule has 0 spiro atoms. The van der Waals surface area contributed by atoms with Crippen LogP contribution in [0.3, 0.4) is 0 Å². The normalized spacial score (nSPS) is 21.9. The quantitative estimate of drug-likeness (QED) is 0.809. The standard InChI is InChI=1S/C10H15N3S/c1-8-5-10(13-11-6-8)12-9-3-2-4-14-7-9/h5-6,9H,2-4,7H2,1H3,(H,12,13). The molecular formula is C10H15N3S. The molecule has 0 aromatic carbocycles. The van der Waals surface area contributed by atoms with E-state index in [2.05, 4.69) is 15.5 Å². The molecule has 2 heterocycles. The van der Waals surface area contributed by atoms with Gasteiger partial charge in [0.2, 0.25) is 0 Å². The molecule has 0 saturated carbocycles. The topological polar surface area (TPSA) is 37.8 Å². The van der Waals surface area contributed by atoms with E-state index in [0.717, 1.165) is 11.4 Å². The van der Waals surface area contributed by atoms with Crippen molar-refractivity contribution in [3.05, 3.63) is 17.8 Å². The number of nitrogens with one attached hydrogen (secondary N) is 1. The van der Waals surface area contributed by atoms with Crippen molar-refractivity contribution in [2.24, 2.45) is 0 Å². The van der Waals surface area contributed by atoms with Gasteiger partial charge >= 0.3 is 0 Å². The van der Waals surface area contributed by atoms with Gasteiger partial charge in [-0.1, -0.05) is 0 Å². The van der Waals surface area contributed by atoms with Crippen molar-refractivity contribution < 1.29 is 0 Å². The molecule has 2 rings (SSSR count). The first-order chi connectivity index (χ1) is 6.84. The maximum atomic E-state index is 4.06. The lowest BCUT2D eigenvalue weighted by molar-refractivity contribution is 0.680. The third-order valence-corrected chi connectivity index (χ3v) is 3.52. The summed E-state index contributed by atoms with van der Waals surface area (Å²) >= 11 is 2.02. The van der Waals surface area contributed by atoms with Crippen LogP contribution in [0, 0.1) is 6.92 Å². The van der Waals surface area contributed by atoms with E-state index in [1.54, 1.807) is 6.20 Å². The van der Waals surface area contributed by atoms with E-state index in [4.69, 9.17) is 0 Å². The van der Waals surface area contributed by atoms with Crippen LogP contribution in [0.2, 0.25) is 0 Å². The van der Waals surface area contributed by atoms with E-state index >= 15 is 0 Å². The molecule has 1 fully saturated rings. The number of hydrogen-bond acceptors (Lipinski definition) is 4. The second kappa shape index (κ2) is 4.64. The number of anilines is 1. The minimum Gasteiger partial charge on any atom is -0.365 e. The van der Waals surface area contributed by atoms with E-state index in [1.165, 1.54) is 24.3 Å². The number of thioether (sulfide) groups is 1. The zero-order valence-corrected chi connectivity index (χ0v) is 9.18. The number of rotatable bonds is 2. The monoisotopic (exact) mass is 209 g/mol. The minimum absolute atomic E-state index is 0.574. The van der Waals surface area contributed by atoms with Crippen LogP contribution in [0.5, 0.6) is 0 Å². The third kappa shape index (κ3) is 2.61. The van der Waals surface area contributed by atoms with Gasteiger partial charge in [0, 0.05) is 11.8 Å². The average molecular weight is 209 g/mol. The molecule has 0 bridgehead atoms. The van der Waals surface area contributed by atoms with Crippen molar-refractivity contribution in [2.75, 3.05) is 16.8 Å². The largest absolute Gasteiger partial charge is 0.365 e. The Bertz CT molecular complexity index is 297. The highest BCUT2D eigenvalue weighted by Crippen LogP contribution is 2.19. The summed E-state index contributed by atoms with van der Waals surface area (Å²) in [5.74, 6) is 3.41. The lowest BCUT2D eigenvalue weighted by Crippen LogP contribution is -2.26. The predicted octanol–water partition coefficient (Wildman–Crippen LogP) is 2.09. The predicted molar refractivity (Wildman–Crippen MR) is 60.7 cm³/mol. The lowest BCUT2D eigenvalue weighted by Gasteiger charge is -2.22. The third-order valence-electron chi connectivity index (χ3n) is 2.30. The van der Waals surface area contributed by atoms with E-state index in [0.29, 0.717) is 6.04 Å². The Morgan fingerprint density at radius 3 is 3.21 bits per heavy atom. The highest BCUT2D eigenvalue weighted by Gasteiger charge is 2.13. The fourth-order valence-corrected chi connectivity index (χ4v) is 2.67. The van der Waals surface area contributed by atoms with Gasteiger partial charge in [0.05, 0.1) is 6.20 Å². The first-order valence-electron chi connectivity index (χ1n) is 4.98. The molecule has 0 radical (unpaired) electrons. The van der Waals surface area contributed by atoms with Crippen molar-refractivity contribution in [3.63, 3.8) is 0 Å². The Morgan fingerprint density at radius 1 is 1.57 bits per heavy atom. The zero-order valence-electron chi connectivity index (χ0n) is 8.36. The molecule has 1 aromatic heterocycles. The molecule has 0 amide bonds. The molecule has 76 valence electrons. The summed E-state index contributed by atoms with van der Waals surface area (Å²) in [4.78, 5) is 0. The molecule has 1 N–H and O–H groups in total. The summed E-state index contributed by atoms with van der Waals surface area (Å²) in [5.41, 5.74) is 1.16. The van der Waals surface area contributed by atoms with Crippen molar-refractivity contribution >= 4 is 17.6 Å². The van der Waals surface area contributed by atoms with Crippen LogP contribution in [-0.2, 0) is 0 Å². The first kappa shape index (κ1) is 9.77. The smallest absolute Gasteiger partial charge is 0.149 e. The number of nitrogens with zero attached hydrogens (tertiary/aromatic N) is 2. The highest BCUT2D eigenvalue weighted by molar-refractivity contribution is 7.99. The summed E-state index contributed by atoms with van der Waals surface area (Å²) < 4.78 is 0. The van der Waals surface area contributed by atoms with Gasteiger partial charge in [-0.3, -0.25) is 0 Å². The minimum atomic E-state index is 0.574. The van der Waals surface area contributed by atoms with Gasteiger partial charge in [0.1, 0.15) is 5.82 Å². The van der Waals surface area contributed by atoms with E-state index in [9.17, 15) is 0 Å². The highest BCUT2D eigenvalue weighted by atomic mass is 32.2. The lowest BCUT2D eigenvalue weighted by atomic mass is 10.2. The Hall–Kier alpha value is -0.770. The molecular weight excluding hydrogens is 194 g/mol. The van der Waals surface area contributed by atoms with E-state index in [1.807, 2.05) is 24.8 Å². The van der Waals surface area contributed by atoms with Crippen LogP contribution in [0.4, 0.5) is 5.82 Å².